The number of aliphatic hydroxyl groups is 1. The second-order valence-corrected chi connectivity index (χ2v) is 3.94. The van der Waals surface area contributed by atoms with Crippen molar-refractivity contribution in [2.75, 3.05) is 6.61 Å². The Morgan fingerprint density at radius 1 is 1.56 bits per heavy atom. The molecule has 0 aliphatic heterocycles. The molecule has 3 N–H and O–H groups in total. The molecule has 0 fully saturated rings. The maximum absolute atomic E-state index is 10.6. The van der Waals surface area contributed by atoms with Crippen molar-refractivity contribution >= 4 is 5.97 Å². The van der Waals surface area contributed by atoms with E-state index in [0.29, 0.717) is 12.3 Å². The quantitative estimate of drug-likeness (QED) is 0.677. The minimum Gasteiger partial charge on any atom is -0.478 e. The molecule has 0 aliphatic carbocycles. The lowest BCUT2D eigenvalue weighted by molar-refractivity contribution is 0.0696. The standard InChI is InChI=1S/C11H17NO4/c1-7(5-13)8(2)12-4-10-3-9(6-16-10)11(14)15/h3,6-8,12-13H,4-5H2,1-2H3,(H,14,15). The first-order valence-electron chi connectivity index (χ1n) is 5.19. The van der Waals surface area contributed by atoms with Crippen LogP contribution in [0.5, 0.6) is 0 Å². The summed E-state index contributed by atoms with van der Waals surface area (Å²) in [5.41, 5.74) is 0.152. The summed E-state index contributed by atoms with van der Waals surface area (Å²) in [6, 6.07) is 1.63. The number of hydrogen-bond donors (Lipinski definition) is 3. The van der Waals surface area contributed by atoms with Crippen LogP contribution in [-0.4, -0.2) is 28.8 Å². The lowest BCUT2D eigenvalue weighted by atomic mass is 10.1. The number of carboxylic acid groups (broad SMARTS) is 1. The van der Waals surface area contributed by atoms with Gasteiger partial charge in [0.2, 0.25) is 0 Å². The first kappa shape index (κ1) is 12.7. The summed E-state index contributed by atoms with van der Waals surface area (Å²) in [5.74, 6) is -0.268. The molecule has 0 spiro atoms. The molecule has 0 saturated carbocycles. The van der Waals surface area contributed by atoms with Gasteiger partial charge in [-0.05, 0) is 18.9 Å². The number of nitrogens with one attached hydrogen (secondary N) is 1. The van der Waals surface area contributed by atoms with E-state index in [4.69, 9.17) is 14.6 Å². The van der Waals surface area contributed by atoms with Crippen LogP contribution in [0.3, 0.4) is 0 Å². The molecular formula is C11H17NO4. The molecule has 1 aromatic rings. The Bertz CT molecular complexity index is 348. The van der Waals surface area contributed by atoms with Crippen molar-refractivity contribution in [1.29, 1.82) is 0 Å². The fraction of sp³-hybridized carbons (Fsp3) is 0.545. The molecule has 0 saturated heterocycles. The highest BCUT2D eigenvalue weighted by atomic mass is 16.4. The van der Waals surface area contributed by atoms with Crippen LogP contribution in [0.25, 0.3) is 0 Å². The van der Waals surface area contributed by atoms with Crippen molar-refractivity contribution in [2.24, 2.45) is 5.92 Å². The van der Waals surface area contributed by atoms with Crippen LogP contribution in [0.4, 0.5) is 0 Å². The highest BCUT2D eigenvalue weighted by Crippen LogP contribution is 2.09. The summed E-state index contributed by atoms with van der Waals surface area (Å²) >= 11 is 0. The van der Waals surface area contributed by atoms with Crippen LogP contribution in [0.1, 0.15) is 30.0 Å². The smallest absolute Gasteiger partial charge is 0.338 e. The molecule has 5 nitrogen and oxygen atoms in total. The highest BCUT2D eigenvalue weighted by Gasteiger charge is 2.12. The summed E-state index contributed by atoms with van der Waals surface area (Å²) in [7, 11) is 0. The number of aliphatic hydroxyl groups excluding tert-OH is 1. The van der Waals surface area contributed by atoms with E-state index >= 15 is 0 Å². The van der Waals surface area contributed by atoms with Gasteiger partial charge in [-0.1, -0.05) is 6.92 Å². The zero-order valence-electron chi connectivity index (χ0n) is 9.43. The predicted octanol–water partition coefficient (Wildman–Crippen LogP) is 1.08. The lowest BCUT2D eigenvalue weighted by Gasteiger charge is -2.18. The third-order valence-corrected chi connectivity index (χ3v) is 2.64. The molecule has 16 heavy (non-hydrogen) atoms. The molecule has 2 unspecified atom stereocenters. The van der Waals surface area contributed by atoms with E-state index in [-0.39, 0.29) is 24.1 Å². The van der Waals surface area contributed by atoms with Crippen molar-refractivity contribution in [3.05, 3.63) is 23.7 Å². The van der Waals surface area contributed by atoms with Crippen molar-refractivity contribution in [3.8, 4) is 0 Å². The number of rotatable bonds is 6. The lowest BCUT2D eigenvalue weighted by Crippen LogP contribution is -2.33. The van der Waals surface area contributed by atoms with E-state index in [1.54, 1.807) is 0 Å². The molecule has 0 bridgehead atoms. The Hall–Kier alpha value is -1.33. The van der Waals surface area contributed by atoms with E-state index in [1.165, 1.54) is 12.3 Å². The Morgan fingerprint density at radius 3 is 2.75 bits per heavy atom. The number of furan rings is 1. The maximum atomic E-state index is 10.6. The van der Waals surface area contributed by atoms with Crippen LogP contribution < -0.4 is 5.32 Å². The fourth-order valence-corrected chi connectivity index (χ4v) is 1.21. The SMILES string of the molecule is CC(CO)C(C)NCc1cc(C(=O)O)co1. The van der Waals surface area contributed by atoms with Gasteiger partial charge < -0.3 is 19.9 Å². The van der Waals surface area contributed by atoms with Crippen molar-refractivity contribution in [1.82, 2.24) is 5.32 Å². The van der Waals surface area contributed by atoms with Gasteiger partial charge in [0.25, 0.3) is 0 Å². The van der Waals surface area contributed by atoms with Crippen LogP contribution in [0, 0.1) is 5.92 Å². The van der Waals surface area contributed by atoms with Crippen molar-refractivity contribution in [3.63, 3.8) is 0 Å². The van der Waals surface area contributed by atoms with E-state index in [1.807, 2.05) is 13.8 Å². The van der Waals surface area contributed by atoms with Gasteiger partial charge in [0.05, 0.1) is 12.1 Å². The Kier molecular flexibility index (Phi) is 4.52. The van der Waals surface area contributed by atoms with Gasteiger partial charge in [0.15, 0.2) is 0 Å². The molecule has 5 heteroatoms. The van der Waals surface area contributed by atoms with E-state index in [9.17, 15) is 4.79 Å². The van der Waals surface area contributed by atoms with Gasteiger partial charge in [-0.15, -0.1) is 0 Å². The molecular weight excluding hydrogens is 210 g/mol. The molecule has 90 valence electrons. The maximum Gasteiger partial charge on any atom is 0.338 e. The van der Waals surface area contributed by atoms with Crippen LogP contribution in [0.2, 0.25) is 0 Å². The number of carbonyl (C=O) groups is 1. The molecule has 0 radical (unpaired) electrons. The molecule has 0 aliphatic rings. The van der Waals surface area contributed by atoms with Crippen LogP contribution >= 0.6 is 0 Å². The summed E-state index contributed by atoms with van der Waals surface area (Å²) in [5, 5.41) is 20.8. The summed E-state index contributed by atoms with van der Waals surface area (Å²) in [6.45, 7) is 4.47. The second-order valence-electron chi connectivity index (χ2n) is 3.94. The number of aromatic carboxylic acids is 1. The van der Waals surface area contributed by atoms with Gasteiger partial charge in [-0.2, -0.15) is 0 Å². The Balaban J connectivity index is 2.45. The largest absolute Gasteiger partial charge is 0.478 e. The minimum absolute atomic E-state index is 0.118. The highest BCUT2D eigenvalue weighted by molar-refractivity contribution is 5.87. The molecule has 2 atom stereocenters. The summed E-state index contributed by atoms with van der Waals surface area (Å²) in [4.78, 5) is 10.6. The Labute approximate surface area is 94.1 Å². The molecule has 1 heterocycles. The molecule has 1 rings (SSSR count). The fourth-order valence-electron chi connectivity index (χ4n) is 1.21. The average Bonchev–Trinajstić information content (AvgIpc) is 2.73. The Morgan fingerprint density at radius 2 is 2.25 bits per heavy atom. The normalized spacial score (nSPS) is 14.7. The number of hydrogen-bond acceptors (Lipinski definition) is 4. The topological polar surface area (TPSA) is 82.7 Å². The predicted molar refractivity (Wildman–Crippen MR) is 58.2 cm³/mol. The van der Waals surface area contributed by atoms with Crippen LogP contribution in [-0.2, 0) is 6.54 Å². The summed E-state index contributed by atoms with van der Waals surface area (Å²) < 4.78 is 5.08. The van der Waals surface area contributed by atoms with Gasteiger partial charge in [0, 0.05) is 12.6 Å². The third-order valence-electron chi connectivity index (χ3n) is 2.64. The zero-order valence-corrected chi connectivity index (χ0v) is 9.43. The van der Waals surface area contributed by atoms with E-state index in [2.05, 4.69) is 5.32 Å². The first-order valence-corrected chi connectivity index (χ1v) is 5.19. The zero-order chi connectivity index (χ0) is 12.1. The van der Waals surface area contributed by atoms with E-state index < -0.39 is 5.97 Å². The molecule has 0 aromatic carbocycles. The van der Waals surface area contributed by atoms with Crippen molar-refractivity contribution in [2.45, 2.75) is 26.4 Å². The number of carboxylic acids is 1. The third kappa shape index (κ3) is 3.36. The monoisotopic (exact) mass is 227 g/mol. The second kappa shape index (κ2) is 5.67. The van der Waals surface area contributed by atoms with Gasteiger partial charge >= 0.3 is 5.97 Å². The summed E-state index contributed by atoms with van der Waals surface area (Å²) in [6.07, 6.45) is 1.22. The molecule has 1 aromatic heterocycles. The minimum atomic E-state index is -0.994. The molecule has 0 amide bonds. The van der Waals surface area contributed by atoms with Gasteiger partial charge in [-0.3, -0.25) is 0 Å². The van der Waals surface area contributed by atoms with Crippen LogP contribution in [0.15, 0.2) is 16.7 Å². The van der Waals surface area contributed by atoms with Crippen molar-refractivity contribution < 1.29 is 19.4 Å². The van der Waals surface area contributed by atoms with E-state index in [0.717, 1.165) is 0 Å². The first-order chi connectivity index (χ1) is 7.54. The van der Waals surface area contributed by atoms with Gasteiger partial charge in [0.1, 0.15) is 12.0 Å². The average molecular weight is 227 g/mol. The van der Waals surface area contributed by atoms with Gasteiger partial charge in [-0.25, -0.2) is 4.79 Å².